The Kier molecular flexibility index (Phi) is 10.8. The second-order valence-electron chi connectivity index (χ2n) is 9.69. The minimum absolute atomic E-state index is 0.0652. The minimum atomic E-state index is -4.26. The fourth-order valence-corrected chi connectivity index (χ4v) is 5.31. The van der Waals surface area contributed by atoms with E-state index in [4.69, 9.17) is 0 Å². The van der Waals surface area contributed by atoms with E-state index in [-0.39, 0.29) is 24.6 Å². The van der Waals surface area contributed by atoms with Crippen molar-refractivity contribution in [2.24, 2.45) is 0 Å². The minimum Gasteiger partial charge on any atom is -0.354 e. The summed E-state index contributed by atoms with van der Waals surface area (Å²) >= 11 is 0. The van der Waals surface area contributed by atoms with Crippen LogP contribution in [0.5, 0.6) is 0 Å². The molecule has 8 nitrogen and oxygen atoms in total. The normalized spacial score (nSPS) is 12.2. The number of halogens is 1. The molecule has 2 amide bonds. The third-order valence-electron chi connectivity index (χ3n) is 6.56. The summed E-state index contributed by atoms with van der Waals surface area (Å²) in [6.07, 6.45) is 0.922. The maximum Gasteiger partial charge on any atom is 0.304 e. The van der Waals surface area contributed by atoms with Gasteiger partial charge in [0.2, 0.25) is 11.8 Å². The predicted molar refractivity (Wildman–Crippen MR) is 155 cm³/mol. The van der Waals surface area contributed by atoms with Gasteiger partial charge in [-0.25, -0.2) is 8.70 Å². The Morgan fingerprint density at radius 1 is 0.925 bits per heavy atom. The third kappa shape index (κ3) is 7.67. The van der Waals surface area contributed by atoms with Crippen molar-refractivity contribution in [3.05, 3.63) is 101 Å². The van der Waals surface area contributed by atoms with Crippen molar-refractivity contribution >= 4 is 27.7 Å². The van der Waals surface area contributed by atoms with Crippen LogP contribution in [0.4, 0.5) is 10.1 Å². The lowest BCUT2D eigenvalue weighted by Gasteiger charge is -2.34. The van der Waals surface area contributed by atoms with Gasteiger partial charge in [0.1, 0.15) is 18.4 Å². The van der Waals surface area contributed by atoms with E-state index in [0.29, 0.717) is 13.0 Å². The lowest BCUT2D eigenvalue weighted by atomic mass is 10.0. The first kappa shape index (κ1) is 30.8. The van der Waals surface area contributed by atoms with Crippen LogP contribution in [0.1, 0.15) is 30.0 Å². The summed E-state index contributed by atoms with van der Waals surface area (Å²) in [6.45, 7) is 3.63. The van der Waals surface area contributed by atoms with E-state index in [9.17, 15) is 22.4 Å². The van der Waals surface area contributed by atoms with E-state index in [1.807, 2.05) is 68.4 Å². The zero-order valence-electron chi connectivity index (χ0n) is 23.4. The van der Waals surface area contributed by atoms with Crippen molar-refractivity contribution in [1.82, 2.24) is 14.5 Å². The molecule has 3 aromatic carbocycles. The number of nitrogens with one attached hydrogen (secondary N) is 1. The number of benzene rings is 3. The van der Waals surface area contributed by atoms with Crippen molar-refractivity contribution in [2.75, 3.05) is 31.5 Å². The molecule has 214 valence electrons. The molecule has 0 fully saturated rings. The van der Waals surface area contributed by atoms with Crippen LogP contribution in [-0.2, 0) is 32.8 Å². The number of nitrogens with zero attached hydrogens (tertiary/aromatic N) is 3. The molecule has 0 bridgehead atoms. The summed E-state index contributed by atoms with van der Waals surface area (Å²) in [5, 5.41) is 2.90. The van der Waals surface area contributed by atoms with Crippen LogP contribution in [0.3, 0.4) is 0 Å². The summed E-state index contributed by atoms with van der Waals surface area (Å²) in [4.78, 5) is 29.1. The van der Waals surface area contributed by atoms with Crippen LogP contribution in [0.25, 0.3) is 0 Å². The highest BCUT2D eigenvalue weighted by atomic mass is 32.2. The molecule has 1 atom stereocenters. The summed E-state index contributed by atoms with van der Waals surface area (Å²) < 4.78 is 43.2. The largest absolute Gasteiger partial charge is 0.354 e. The molecule has 0 aromatic heterocycles. The molecule has 0 aliphatic heterocycles. The molecular formula is C30H37FN4O4S. The average molecular weight is 569 g/mol. The van der Waals surface area contributed by atoms with Crippen LogP contribution < -0.4 is 9.62 Å². The number of hydrogen-bond donors (Lipinski definition) is 1. The first-order valence-corrected chi connectivity index (χ1v) is 14.6. The Bertz CT molecular complexity index is 1400. The van der Waals surface area contributed by atoms with E-state index in [2.05, 4.69) is 5.32 Å². The molecule has 0 unspecified atom stereocenters. The molecule has 0 aliphatic carbocycles. The fraction of sp³-hybridized carbons (Fsp3) is 0.333. The molecule has 0 saturated heterocycles. The molecule has 3 rings (SSSR count). The first-order valence-electron chi connectivity index (χ1n) is 13.2. The third-order valence-corrected chi connectivity index (χ3v) is 8.37. The zero-order chi connectivity index (χ0) is 29.3. The Hall–Kier alpha value is -3.76. The Morgan fingerprint density at radius 2 is 1.55 bits per heavy atom. The standard InChI is InChI=1S/C30H37FN4O4S/c1-5-19-32-30(37)28(20-24-14-7-6-8-15-24)34(21-25-16-10-9-13-23(25)2)29(36)22-35(40(38,39)33(3)4)27-18-12-11-17-26(27)31/h6-18,28H,5,19-22H2,1-4H3,(H,32,37)/t28-/m0/s1. The van der Waals surface area contributed by atoms with Crippen molar-refractivity contribution in [3.8, 4) is 0 Å². The molecule has 40 heavy (non-hydrogen) atoms. The Labute approximate surface area is 236 Å². The summed E-state index contributed by atoms with van der Waals surface area (Å²) in [5.74, 6) is -1.77. The van der Waals surface area contributed by atoms with Crippen LogP contribution >= 0.6 is 0 Å². The SMILES string of the molecule is CCCNC(=O)[C@H](Cc1ccccc1)N(Cc1ccccc1C)C(=O)CN(c1ccccc1F)S(=O)(=O)N(C)C. The van der Waals surface area contributed by atoms with Gasteiger partial charge in [-0.1, -0.05) is 73.7 Å². The van der Waals surface area contributed by atoms with Gasteiger partial charge in [0.25, 0.3) is 0 Å². The van der Waals surface area contributed by atoms with E-state index in [0.717, 1.165) is 31.4 Å². The Balaban J connectivity index is 2.10. The van der Waals surface area contributed by atoms with E-state index in [1.165, 1.54) is 37.2 Å². The average Bonchev–Trinajstić information content (AvgIpc) is 2.94. The number of hydrogen-bond acceptors (Lipinski definition) is 4. The van der Waals surface area contributed by atoms with Gasteiger partial charge in [-0.15, -0.1) is 0 Å². The maximum absolute atomic E-state index is 14.9. The number of carbonyl (C=O) groups excluding carboxylic acids is 2. The fourth-order valence-electron chi connectivity index (χ4n) is 4.25. The van der Waals surface area contributed by atoms with Gasteiger partial charge in [0.15, 0.2) is 0 Å². The highest BCUT2D eigenvalue weighted by Crippen LogP contribution is 2.24. The van der Waals surface area contributed by atoms with Crippen LogP contribution in [-0.4, -0.2) is 62.7 Å². The smallest absolute Gasteiger partial charge is 0.304 e. The van der Waals surface area contributed by atoms with Gasteiger partial charge in [-0.3, -0.25) is 9.59 Å². The van der Waals surface area contributed by atoms with E-state index in [1.54, 1.807) is 0 Å². The highest BCUT2D eigenvalue weighted by Gasteiger charge is 2.35. The topological polar surface area (TPSA) is 90.0 Å². The monoisotopic (exact) mass is 568 g/mol. The molecule has 1 N–H and O–H groups in total. The zero-order valence-corrected chi connectivity index (χ0v) is 24.2. The van der Waals surface area contributed by atoms with Gasteiger partial charge in [0.05, 0.1) is 5.69 Å². The molecule has 0 aliphatic rings. The van der Waals surface area contributed by atoms with Gasteiger partial charge >= 0.3 is 10.2 Å². The second-order valence-corrected chi connectivity index (χ2v) is 11.8. The van der Waals surface area contributed by atoms with E-state index < -0.39 is 34.5 Å². The number of aryl methyl sites for hydroxylation is 1. The predicted octanol–water partition coefficient (Wildman–Crippen LogP) is 3.91. The van der Waals surface area contributed by atoms with Gasteiger partial charge in [-0.05, 0) is 42.2 Å². The molecule has 0 heterocycles. The number of rotatable bonds is 13. The van der Waals surface area contributed by atoms with Crippen molar-refractivity contribution in [2.45, 2.75) is 39.3 Å². The summed E-state index contributed by atoms with van der Waals surface area (Å²) in [6, 6.07) is 21.3. The number of carbonyl (C=O) groups is 2. The molecule has 0 spiro atoms. The number of amides is 2. The lowest BCUT2D eigenvalue weighted by molar-refractivity contribution is -0.140. The van der Waals surface area contributed by atoms with Gasteiger partial charge in [-0.2, -0.15) is 12.7 Å². The molecule has 0 radical (unpaired) electrons. The number of anilines is 1. The highest BCUT2D eigenvalue weighted by molar-refractivity contribution is 7.90. The van der Waals surface area contributed by atoms with Gasteiger partial charge < -0.3 is 10.2 Å². The molecular weight excluding hydrogens is 531 g/mol. The van der Waals surface area contributed by atoms with Gasteiger partial charge in [0, 0.05) is 33.6 Å². The van der Waals surface area contributed by atoms with Crippen LogP contribution in [0.15, 0.2) is 78.9 Å². The first-order chi connectivity index (χ1) is 19.1. The summed E-state index contributed by atoms with van der Waals surface area (Å²) in [5.41, 5.74) is 2.31. The lowest BCUT2D eigenvalue weighted by Crippen LogP contribution is -2.54. The molecule has 0 saturated carbocycles. The van der Waals surface area contributed by atoms with Crippen molar-refractivity contribution in [1.29, 1.82) is 0 Å². The van der Waals surface area contributed by atoms with Crippen LogP contribution in [0, 0.1) is 12.7 Å². The second kappa shape index (κ2) is 14.0. The molecule has 10 heteroatoms. The van der Waals surface area contributed by atoms with E-state index >= 15 is 0 Å². The van der Waals surface area contributed by atoms with Crippen molar-refractivity contribution < 1.29 is 22.4 Å². The van der Waals surface area contributed by atoms with Crippen molar-refractivity contribution in [3.63, 3.8) is 0 Å². The number of para-hydroxylation sites is 1. The summed E-state index contributed by atoms with van der Waals surface area (Å²) in [7, 11) is -1.64. The quantitative estimate of drug-likeness (QED) is 0.339. The maximum atomic E-state index is 14.9. The van der Waals surface area contributed by atoms with Crippen LogP contribution in [0.2, 0.25) is 0 Å². The Morgan fingerprint density at radius 3 is 2.17 bits per heavy atom. The molecule has 3 aromatic rings.